The standard InChI is InChI=1S/C13H28N2O/c1-13(2,3)15-8-4-7-14-9-10-16-11-12-5-6-12/h12,14-15H,4-11H2,1-3H3. The molecule has 1 fully saturated rings. The lowest BCUT2D eigenvalue weighted by Crippen LogP contribution is -2.37. The van der Waals surface area contributed by atoms with E-state index in [0.29, 0.717) is 0 Å². The lowest BCUT2D eigenvalue weighted by Gasteiger charge is -2.20. The van der Waals surface area contributed by atoms with Gasteiger partial charge in [-0.15, -0.1) is 0 Å². The summed E-state index contributed by atoms with van der Waals surface area (Å²) in [6, 6.07) is 0. The zero-order chi connectivity index (χ0) is 11.9. The van der Waals surface area contributed by atoms with Crippen molar-refractivity contribution in [2.45, 2.75) is 45.6 Å². The van der Waals surface area contributed by atoms with Crippen LogP contribution in [-0.2, 0) is 4.74 Å². The van der Waals surface area contributed by atoms with E-state index in [9.17, 15) is 0 Å². The molecule has 16 heavy (non-hydrogen) atoms. The average Bonchev–Trinajstić information content (AvgIpc) is 2.97. The minimum Gasteiger partial charge on any atom is -0.380 e. The summed E-state index contributed by atoms with van der Waals surface area (Å²) < 4.78 is 5.54. The van der Waals surface area contributed by atoms with Crippen molar-refractivity contribution < 1.29 is 4.74 Å². The lowest BCUT2D eigenvalue weighted by molar-refractivity contribution is 0.126. The summed E-state index contributed by atoms with van der Waals surface area (Å²) in [4.78, 5) is 0. The van der Waals surface area contributed by atoms with Gasteiger partial charge in [0.2, 0.25) is 0 Å². The van der Waals surface area contributed by atoms with Gasteiger partial charge < -0.3 is 15.4 Å². The fraction of sp³-hybridized carbons (Fsp3) is 1.00. The first-order valence-electron chi connectivity index (χ1n) is 6.61. The Kier molecular flexibility index (Phi) is 6.32. The second-order valence-electron chi connectivity index (χ2n) is 5.80. The summed E-state index contributed by atoms with van der Waals surface area (Å²) in [5, 5.41) is 6.88. The predicted octanol–water partition coefficient (Wildman–Crippen LogP) is 1.78. The molecule has 3 nitrogen and oxygen atoms in total. The molecule has 1 saturated carbocycles. The zero-order valence-corrected chi connectivity index (χ0v) is 11.1. The molecule has 0 heterocycles. The molecule has 0 radical (unpaired) electrons. The van der Waals surface area contributed by atoms with Crippen LogP contribution in [0.5, 0.6) is 0 Å². The third-order valence-corrected chi connectivity index (χ3v) is 2.66. The van der Waals surface area contributed by atoms with Crippen molar-refractivity contribution in [2.75, 3.05) is 32.8 Å². The molecule has 0 saturated heterocycles. The third kappa shape index (κ3) is 9.13. The first-order chi connectivity index (χ1) is 7.58. The highest BCUT2D eigenvalue weighted by molar-refractivity contribution is 4.72. The predicted molar refractivity (Wildman–Crippen MR) is 68.8 cm³/mol. The fourth-order valence-electron chi connectivity index (χ4n) is 1.48. The van der Waals surface area contributed by atoms with Crippen LogP contribution in [0, 0.1) is 5.92 Å². The van der Waals surface area contributed by atoms with E-state index < -0.39 is 0 Å². The Hall–Kier alpha value is -0.120. The Morgan fingerprint density at radius 1 is 1.12 bits per heavy atom. The highest BCUT2D eigenvalue weighted by Crippen LogP contribution is 2.28. The number of nitrogens with one attached hydrogen (secondary N) is 2. The Labute approximate surface area is 100 Å². The van der Waals surface area contributed by atoms with Gasteiger partial charge in [-0.3, -0.25) is 0 Å². The first-order valence-corrected chi connectivity index (χ1v) is 6.61. The normalized spacial score (nSPS) is 16.7. The molecule has 3 heteroatoms. The van der Waals surface area contributed by atoms with E-state index in [0.717, 1.165) is 38.8 Å². The molecule has 1 aliphatic rings. The Morgan fingerprint density at radius 2 is 1.88 bits per heavy atom. The van der Waals surface area contributed by atoms with Crippen LogP contribution in [0.3, 0.4) is 0 Å². The molecule has 0 aromatic carbocycles. The molecule has 0 aromatic heterocycles. The van der Waals surface area contributed by atoms with Crippen molar-refractivity contribution in [2.24, 2.45) is 5.92 Å². The van der Waals surface area contributed by atoms with Gasteiger partial charge in [0.05, 0.1) is 6.61 Å². The van der Waals surface area contributed by atoms with E-state index in [2.05, 4.69) is 31.4 Å². The van der Waals surface area contributed by atoms with Crippen molar-refractivity contribution in [3.63, 3.8) is 0 Å². The van der Waals surface area contributed by atoms with Crippen LogP contribution in [-0.4, -0.2) is 38.4 Å². The second-order valence-corrected chi connectivity index (χ2v) is 5.80. The summed E-state index contributed by atoms with van der Waals surface area (Å²) in [5.41, 5.74) is 0.243. The number of hydrogen-bond donors (Lipinski definition) is 2. The topological polar surface area (TPSA) is 33.3 Å². The Bertz CT molecular complexity index is 173. The average molecular weight is 228 g/mol. The third-order valence-electron chi connectivity index (χ3n) is 2.66. The number of rotatable bonds is 9. The van der Waals surface area contributed by atoms with Gasteiger partial charge in [0.25, 0.3) is 0 Å². The summed E-state index contributed by atoms with van der Waals surface area (Å²) >= 11 is 0. The van der Waals surface area contributed by atoms with Crippen molar-refractivity contribution in [1.29, 1.82) is 0 Å². The Morgan fingerprint density at radius 3 is 2.50 bits per heavy atom. The number of hydrogen-bond acceptors (Lipinski definition) is 3. The van der Waals surface area contributed by atoms with Gasteiger partial charge in [-0.05, 0) is 59.0 Å². The molecule has 0 unspecified atom stereocenters. The molecule has 96 valence electrons. The largest absolute Gasteiger partial charge is 0.380 e. The van der Waals surface area contributed by atoms with E-state index in [1.165, 1.54) is 19.3 Å². The maximum Gasteiger partial charge on any atom is 0.0591 e. The highest BCUT2D eigenvalue weighted by Gasteiger charge is 2.20. The summed E-state index contributed by atoms with van der Waals surface area (Å²) in [5.74, 6) is 0.885. The minimum absolute atomic E-state index is 0.243. The quantitative estimate of drug-likeness (QED) is 0.590. The monoisotopic (exact) mass is 228 g/mol. The first kappa shape index (κ1) is 13.9. The molecule has 0 aromatic rings. The molecule has 2 N–H and O–H groups in total. The van der Waals surface area contributed by atoms with E-state index in [1.54, 1.807) is 0 Å². The minimum atomic E-state index is 0.243. The van der Waals surface area contributed by atoms with Crippen molar-refractivity contribution in [3.05, 3.63) is 0 Å². The fourth-order valence-corrected chi connectivity index (χ4v) is 1.48. The van der Waals surface area contributed by atoms with Crippen LogP contribution in [0.2, 0.25) is 0 Å². The van der Waals surface area contributed by atoms with Gasteiger partial charge in [0.15, 0.2) is 0 Å². The Balaban J connectivity index is 1.70. The molecule has 0 amide bonds. The van der Waals surface area contributed by atoms with Gasteiger partial charge in [-0.2, -0.15) is 0 Å². The lowest BCUT2D eigenvalue weighted by atomic mass is 10.1. The smallest absolute Gasteiger partial charge is 0.0591 e. The van der Waals surface area contributed by atoms with E-state index >= 15 is 0 Å². The maximum absolute atomic E-state index is 5.54. The highest BCUT2D eigenvalue weighted by atomic mass is 16.5. The maximum atomic E-state index is 5.54. The molecule has 0 atom stereocenters. The summed E-state index contributed by atoms with van der Waals surface area (Å²) in [7, 11) is 0. The van der Waals surface area contributed by atoms with Gasteiger partial charge >= 0.3 is 0 Å². The molecule has 0 bridgehead atoms. The molecule has 0 spiro atoms. The van der Waals surface area contributed by atoms with E-state index in [-0.39, 0.29) is 5.54 Å². The summed E-state index contributed by atoms with van der Waals surface area (Å²) in [6.07, 6.45) is 3.94. The van der Waals surface area contributed by atoms with Crippen LogP contribution >= 0.6 is 0 Å². The molecule has 1 rings (SSSR count). The zero-order valence-electron chi connectivity index (χ0n) is 11.1. The van der Waals surface area contributed by atoms with Gasteiger partial charge in [0, 0.05) is 18.7 Å². The van der Waals surface area contributed by atoms with Crippen LogP contribution < -0.4 is 10.6 Å². The van der Waals surface area contributed by atoms with Crippen LogP contribution in [0.4, 0.5) is 0 Å². The summed E-state index contributed by atoms with van der Waals surface area (Å²) in [6.45, 7) is 11.6. The van der Waals surface area contributed by atoms with E-state index in [1.807, 2.05) is 0 Å². The van der Waals surface area contributed by atoms with Gasteiger partial charge in [-0.25, -0.2) is 0 Å². The molecule has 0 aliphatic heterocycles. The van der Waals surface area contributed by atoms with Gasteiger partial charge in [-0.1, -0.05) is 0 Å². The second kappa shape index (κ2) is 7.25. The van der Waals surface area contributed by atoms with E-state index in [4.69, 9.17) is 4.74 Å². The van der Waals surface area contributed by atoms with Crippen LogP contribution in [0.25, 0.3) is 0 Å². The van der Waals surface area contributed by atoms with Crippen molar-refractivity contribution in [1.82, 2.24) is 10.6 Å². The molecular weight excluding hydrogens is 200 g/mol. The van der Waals surface area contributed by atoms with Crippen LogP contribution in [0.15, 0.2) is 0 Å². The van der Waals surface area contributed by atoms with Crippen molar-refractivity contribution in [3.8, 4) is 0 Å². The molecule has 1 aliphatic carbocycles. The van der Waals surface area contributed by atoms with Gasteiger partial charge in [0.1, 0.15) is 0 Å². The SMILES string of the molecule is CC(C)(C)NCCCNCCOCC1CC1. The molecular formula is C13H28N2O. The number of ether oxygens (including phenoxy) is 1. The van der Waals surface area contributed by atoms with Crippen molar-refractivity contribution >= 4 is 0 Å². The van der Waals surface area contributed by atoms with Crippen LogP contribution in [0.1, 0.15) is 40.0 Å².